The summed E-state index contributed by atoms with van der Waals surface area (Å²) in [6, 6.07) is 11.8. The molecule has 2 rings (SSSR count). The van der Waals surface area contributed by atoms with Gasteiger partial charge >= 0.3 is 0 Å². The van der Waals surface area contributed by atoms with Crippen molar-refractivity contribution in [3.8, 4) is 5.75 Å². The summed E-state index contributed by atoms with van der Waals surface area (Å²) < 4.78 is 5.11. The van der Waals surface area contributed by atoms with E-state index in [4.69, 9.17) is 4.74 Å². The summed E-state index contributed by atoms with van der Waals surface area (Å²) in [6.45, 7) is 0.462. The highest BCUT2D eigenvalue weighted by molar-refractivity contribution is 5.32. The highest BCUT2D eigenvalue weighted by atomic mass is 16.5. The number of hydrogen-bond acceptors (Lipinski definition) is 3. The van der Waals surface area contributed by atoms with Crippen molar-refractivity contribution in [2.24, 2.45) is 0 Å². The molecule has 2 aromatic rings. The minimum absolute atomic E-state index is 0.175. The van der Waals surface area contributed by atoms with Crippen LogP contribution in [0.3, 0.4) is 0 Å². The minimum atomic E-state index is 0.175. The first-order chi connectivity index (χ1) is 8.29. The molecule has 1 heterocycles. The second-order valence-electron chi connectivity index (χ2n) is 3.89. The maximum Gasteiger partial charge on any atom is 0.134 e. The van der Waals surface area contributed by atoms with Crippen LogP contribution in [0.2, 0.25) is 0 Å². The van der Waals surface area contributed by atoms with Crippen molar-refractivity contribution in [1.29, 1.82) is 0 Å². The van der Waals surface area contributed by atoms with E-state index in [2.05, 4.69) is 17.1 Å². The fraction of sp³-hybridized carbons (Fsp3) is 0.214. The molecule has 3 nitrogen and oxygen atoms in total. The number of aromatic nitrogens is 1. The second kappa shape index (κ2) is 5.46. The third-order valence-electron chi connectivity index (χ3n) is 2.56. The number of benzene rings is 1. The van der Waals surface area contributed by atoms with Crippen LogP contribution in [0.25, 0.3) is 0 Å². The average Bonchev–Trinajstić information content (AvgIpc) is 2.34. The molecule has 0 aliphatic heterocycles. The lowest BCUT2D eigenvalue weighted by atomic mass is 10.1. The monoisotopic (exact) mass is 229 g/mol. The fourth-order valence-corrected chi connectivity index (χ4v) is 1.75. The zero-order valence-electron chi connectivity index (χ0n) is 9.76. The van der Waals surface area contributed by atoms with E-state index in [0.29, 0.717) is 6.61 Å². The molecular weight excluding hydrogens is 214 g/mol. The molecular formula is C14H15NO2. The van der Waals surface area contributed by atoms with Gasteiger partial charge in [0.1, 0.15) is 5.75 Å². The van der Waals surface area contributed by atoms with Crippen molar-refractivity contribution >= 4 is 0 Å². The molecule has 0 saturated carbocycles. The quantitative estimate of drug-likeness (QED) is 0.876. The maximum atomic E-state index is 9.41. The summed E-state index contributed by atoms with van der Waals surface area (Å²) in [6.07, 6.45) is 2.22. The lowest BCUT2D eigenvalue weighted by Gasteiger charge is -2.08. The number of hydrogen-bond donors (Lipinski definition) is 1. The van der Waals surface area contributed by atoms with Gasteiger partial charge in [-0.05, 0) is 11.6 Å². The van der Waals surface area contributed by atoms with Crippen molar-refractivity contribution in [2.75, 3.05) is 7.11 Å². The van der Waals surface area contributed by atoms with Gasteiger partial charge in [-0.2, -0.15) is 0 Å². The molecule has 0 atom stereocenters. The van der Waals surface area contributed by atoms with Gasteiger partial charge in [0.05, 0.1) is 18.5 Å². The number of aromatic hydroxyl groups is 1. The first kappa shape index (κ1) is 11.6. The molecule has 0 spiro atoms. The summed E-state index contributed by atoms with van der Waals surface area (Å²) in [7, 11) is 1.64. The topological polar surface area (TPSA) is 42.4 Å². The Morgan fingerprint density at radius 3 is 2.71 bits per heavy atom. The summed E-state index contributed by atoms with van der Waals surface area (Å²) in [5, 5.41) is 9.41. The zero-order valence-corrected chi connectivity index (χ0v) is 9.76. The van der Waals surface area contributed by atoms with Crippen LogP contribution < -0.4 is 0 Å². The highest BCUT2D eigenvalue weighted by Gasteiger charge is 2.06. The van der Waals surface area contributed by atoms with Crippen molar-refractivity contribution in [3.63, 3.8) is 0 Å². The van der Waals surface area contributed by atoms with Crippen molar-refractivity contribution < 1.29 is 9.84 Å². The van der Waals surface area contributed by atoms with Gasteiger partial charge in [0, 0.05) is 19.1 Å². The van der Waals surface area contributed by atoms with E-state index in [9.17, 15) is 5.11 Å². The van der Waals surface area contributed by atoms with Crippen LogP contribution in [0.5, 0.6) is 5.75 Å². The molecule has 3 heteroatoms. The highest BCUT2D eigenvalue weighted by Crippen LogP contribution is 2.17. The Balaban J connectivity index is 2.26. The lowest BCUT2D eigenvalue weighted by molar-refractivity contribution is 0.183. The van der Waals surface area contributed by atoms with Crippen LogP contribution in [0, 0.1) is 0 Å². The van der Waals surface area contributed by atoms with Crippen LogP contribution in [0.1, 0.15) is 16.8 Å². The number of pyridine rings is 1. The molecule has 17 heavy (non-hydrogen) atoms. The normalized spacial score (nSPS) is 10.4. The largest absolute Gasteiger partial charge is 0.506 e. The molecule has 0 aliphatic carbocycles. The van der Waals surface area contributed by atoms with Gasteiger partial charge < -0.3 is 9.84 Å². The molecule has 1 aromatic carbocycles. The van der Waals surface area contributed by atoms with Gasteiger partial charge in [-0.25, -0.2) is 0 Å². The van der Waals surface area contributed by atoms with E-state index in [1.54, 1.807) is 13.2 Å². The molecule has 88 valence electrons. The Labute approximate surface area is 101 Å². The predicted octanol–water partition coefficient (Wildman–Crippen LogP) is 2.52. The summed E-state index contributed by atoms with van der Waals surface area (Å²) >= 11 is 0. The van der Waals surface area contributed by atoms with E-state index in [-0.39, 0.29) is 5.75 Å². The molecule has 0 radical (unpaired) electrons. The summed E-state index contributed by atoms with van der Waals surface area (Å²) in [4.78, 5) is 4.26. The van der Waals surface area contributed by atoms with Gasteiger partial charge in [0.25, 0.3) is 0 Å². The van der Waals surface area contributed by atoms with E-state index in [0.717, 1.165) is 17.7 Å². The number of rotatable bonds is 4. The number of methoxy groups -OCH3 is 1. The number of ether oxygens (including phenoxy) is 1. The lowest BCUT2D eigenvalue weighted by Crippen LogP contribution is -2.00. The molecule has 0 amide bonds. The standard InChI is InChI=1S/C14H15NO2/c1-17-10-12-8-13(16)9-15-14(12)7-11-5-3-2-4-6-11/h2-6,8-9,16H,7,10H2,1H3. The zero-order chi connectivity index (χ0) is 12.1. The van der Waals surface area contributed by atoms with Crippen LogP contribution in [0.15, 0.2) is 42.6 Å². The van der Waals surface area contributed by atoms with Gasteiger partial charge in [-0.1, -0.05) is 30.3 Å². The van der Waals surface area contributed by atoms with E-state index < -0.39 is 0 Å². The van der Waals surface area contributed by atoms with E-state index >= 15 is 0 Å². The molecule has 1 N–H and O–H groups in total. The minimum Gasteiger partial charge on any atom is -0.506 e. The van der Waals surface area contributed by atoms with E-state index in [1.165, 1.54) is 11.8 Å². The Hall–Kier alpha value is -1.87. The van der Waals surface area contributed by atoms with Crippen LogP contribution in [0.4, 0.5) is 0 Å². The Morgan fingerprint density at radius 2 is 2.00 bits per heavy atom. The maximum absolute atomic E-state index is 9.41. The average molecular weight is 229 g/mol. The van der Waals surface area contributed by atoms with E-state index in [1.807, 2.05) is 18.2 Å². The SMILES string of the molecule is COCc1cc(O)cnc1Cc1ccccc1. The third kappa shape index (κ3) is 3.04. The third-order valence-corrected chi connectivity index (χ3v) is 2.56. The molecule has 0 aliphatic rings. The first-order valence-corrected chi connectivity index (χ1v) is 5.49. The van der Waals surface area contributed by atoms with Gasteiger partial charge in [0.2, 0.25) is 0 Å². The summed E-state index contributed by atoms with van der Waals surface area (Å²) in [5.74, 6) is 0.175. The Morgan fingerprint density at radius 1 is 1.24 bits per heavy atom. The Kier molecular flexibility index (Phi) is 3.73. The number of nitrogens with zero attached hydrogens (tertiary/aromatic N) is 1. The summed E-state index contributed by atoms with van der Waals surface area (Å²) in [5.41, 5.74) is 3.07. The molecule has 1 aromatic heterocycles. The first-order valence-electron chi connectivity index (χ1n) is 5.49. The Bertz CT molecular complexity index is 483. The molecule has 0 unspecified atom stereocenters. The van der Waals surface area contributed by atoms with Crippen molar-refractivity contribution in [2.45, 2.75) is 13.0 Å². The van der Waals surface area contributed by atoms with Gasteiger partial charge in [-0.3, -0.25) is 4.98 Å². The van der Waals surface area contributed by atoms with Crippen LogP contribution in [-0.4, -0.2) is 17.2 Å². The predicted molar refractivity (Wildman–Crippen MR) is 65.9 cm³/mol. The molecule has 0 saturated heterocycles. The van der Waals surface area contributed by atoms with Crippen LogP contribution >= 0.6 is 0 Å². The van der Waals surface area contributed by atoms with Crippen molar-refractivity contribution in [3.05, 3.63) is 59.4 Å². The fourth-order valence-electron chi connectivity index (χ4n) is 1.75. The smallest absolute Gasteiger partial charge is 0.134 e. The second-order valence-corrected chi connectivity index (χ2v) is 3.89. The molecule has 0 bridgehead atoms. The van der Waals surface area contributed by atoms with Gasteiger partial charge in [-0.15, -0.1) is 0 Å². The van der Waals surface area contributed by atoms with Crippen molar-refractivity contribution in [1.82, 2.24) is 4.98 Å². The van der Waals surface area contributed by atoms with Crippen LogP contribution in [-0.2, 0) is 17.8 Å². The van der Waals surface area contributed by atoms with Gasteiger partial charge in [0.15, 0.2) is 0 Å². The molecule has 0 fully saturated rings.